The van der Waals surface area contributed by atoms with Crippen LogP contribution in [0.4, 0.5) is 8.78 Å². The quantitative estimate of drug-likeness (QED) is 0.309. The predicted octanol–water partition coefficient (Wildman–Crippen LogP) is 2.80. The zero-order valence-electron chi connectivity index (χ0n) is 16.9. The number of halogens is 3. The highest BCUT2D eigenvalue weighted by Crippen LogP contribution is 2.38. The van der Waals surface area contributed by atoms with Gasteiger partial charge in [-0.2, -0.15) is 5.26 Å². The van der Waals surface area contributed by atoms with E-state index in [1.54, 1.807) is 27.7 Å². The number of nitrogens with one attached hydrogen (secondary N) is 2. The summed E-state index contributed by atoms with van der Waals surface area (Å²) in [6.07, 6.45) is 1.01. The minimum atomic E-state index is -3.55. The first-order valence-corrected chi connectivity index (χ1v) is 13.0. The van der Waals surface area contributed by atoms with Crippen LogP contribution in [-0.2, 0) is 27.0 Å². The fourth-order valence-corrected chi connectivity index (χ4v) is 7.55. The summed E-state index contributed by atoms with van der Waals surface area (Å²) in [5.41, 5.74) is -2.26. The first-order chi connectivity index (χ1) is 13.3. The number of nitriles is 1. The van der Waals surface area contributed by atoms with Crippen molar-refractivity contribution in [1.29, 1.82) is 5.26 Å². The lowest BCUT2D eigenvalue weighted by molar-refractivity contribution is 0.290. The van der Waals surface area contributed by atoms with Crippen LogP contribution in [0.1, 0.15) is 46.2 Å². The van der Waals surface area contributed by atoms with Crippen LogP contribution in [0.3, 0.4) is 0 Å². The molecule has 1 fully saturated rings. The number of alkyl halides is 1. The number of rotatable bonds is 6. The topological polar surface area (TPSA) is 101 Å². The molecule has 0 aromatic carbocycles. The second-order valence-corrected chi connectivity index (χ2v) is 14.3. The average molecular weight is 513 g/mol. The van der Waals surface area contributed by atoms with Crippen LogP contribution in [0.15, 0.2) is 16.7 Å². The smallest absolute Gasteiger partial charge is 0.147 e. The first kappa shape index (κ1) is 24.6. The molecular formula is C18H27BrF2N4O2S2. The van der Waals surface area contributed by atoms with Crippen molar-refractivity contribution < 1.29 is 17.5 Å². The molecule has 0 aliphatic carbocycles. The standard InChI is InChI=1S/C18H27BrF2N4O2S2/c1-16(2,3)28(26)25-18(10-20,15-13(21)6-7-14(19)24-15)12-29(27)17(4,11-22)8-5-9-23-29/h6-7,25,29H,5,8-10,12H2,1-4H3,(H,23,27)/t17-,18+,28?/m1/s1. The molecule has 3 atom stereocenters. The Kier molecular flexibility index (Phi) is 7.51. The van der Waals surface area contributed by atoms with Gasteiger partial charge >= 0.3 is 0 Å². The summed E-state index contributed by atoms with van der Waals surface area (Å²) in [5.74, 6) is -1.26. The molecule has 2 N–H and O–H groups in total. The van der Waals surface area contributed by atoms with Crippen LogP contribution in [-0.4, -0.2) is 42.2 Å². The Labute approximate surface area is 183 Å². The van der Waals surface area contributed by atoms with Crippen LogP contribution < -0.4 is 9.44 Å². The minimum Gasteiger partial charge on any atom is -0.598 e. The van der Waals surface area contributed by atoms with E-state index in [1.165, 1.54) is 6.07 Å². The molecule has 1 unspecified atom stereocenters. The Morgan fingerprint density at radius 3 is 2.72 bits per heavy atom. The molecule has 0 radical (unpaired) electrons. The van der Waals surface area contributed by atoms with E-state index < -0.39 is 54.8 Å². The van der Waals surface area contributed by atoms with Gasteiger partial charge in [0.25, 0.3) is 0 Å². The van der Waals surface area contributed by atoms with E-state index in [9.17, 15) is 22.8 Å². The average Bonchev–Trinajstić information content (AvgIpc) is 2.65. The van der Waals surface area contributed by atoms with Gasteiger partial charge in [-0.25, -0.2) is 13.8 Å². The minimum absolute atomic E-state index is 0.257. The van der Waals surface area contributed by atoms with Crippen LogP contribution in [0.5, 0.6) is 0 Å². The summed E-state index contributed by atoms with van der Waals surface area (Å²) >= 11 is 1.34. The Balaban J connectivity index is 2.65. The number of pyridine rings is 1. The fraction of sp³-hybridized carbons (Fsp3) is 0.667. The third-order valence-electron chi connectivity index (χ3n) is 5.08. The summed E-state index contributed by atoms with van der Waals surface area (Å²) in [4.78, 5) is 4.09. The number of aromatic nitrogens is 1. The second kappa shape index (κ2) is 8.85. The lowest BCUT2D eigenvalue weighted by Gasteiger charge is -2.46. The van der Waals surface area contributed by atoms with Crippen molar-refractivity contribution in [2.24, 2.45) is 0 Å². The molecule has 6 nitrogen and oxygen atoms in total. The van der Waals surface area contributed by atoms with Gasteiger partial charge in [0.2, 0.25) is 0 Å². The Bertz CT molecular complexity index is 848. The molecule has 0 saturated carbocycles. The number of nitrogens with zero attached hydrogens (tertiary/aromatic N) is 2. The largest absolute Gasteiger partial charge is 0.598 e. The van der Waals surface area contributed by atoms with Gasteiger partial charge in [0.05, 0.1) is 6.07 Å². The van der Waals surface area contributed by atoms with Gasteiger partial charge in [0.15, 0.2) is 0 Å². The van der Waals surface area contributed by atoms with E-state index in [0.717, 1.165) is 6.07 Å². The van der Waals surface area contributed by atoms with Gasteiger partial charge in [-0.15, -0.1) is 4.72 Å². The monoisotopic (exact) mass is 512 g/mol. The third kappa shape index (κ3) is 4.99. The van der Waals surface area contributed by atoms with Crippen LogP contribution >= 0.6 is 15.9 Å². The summed E-state index contributed by atoms with van der Waals surface area (Å²) < 4.78 is 60.1. The van der Waals surface area contributed by atoms with Crippen molar-refractivity contribution in [3.8, 4) is 6.07 Å². The molecule has 11 heteroatoms. The Morgan fingerprint density at radius 1 is 1.52 bits per heavy atom. The molecule has 2 heterocycles. The molecule has 0 amide bonds. The first-order valence-electron chi connectivity index (χ1n) is 9.16. The van der Waals surface area contributed by atoms with Crippen molar-refractivity contribution in [3.05, 3.63) is 28.2 Å². The maximum atomic E-state index is 14.8. The van der Waals surface area contributed by atoms with Gasteiger partial charge in [0, 0.05) is 23.7 Å². The van der Waals surface area contributed by atoms with Gasteiger partial charge in [0.1, 0.15) is 37.8 Å². The van der Waals surface area contributed by atoms with E-state index >= 15 is 0 Å². The molecule has 0 spiro atoms. The molecule has 1 saturated heterocycles. The molecule has 164 valence electrons. The van der Waals surface area contributed by atoms with Crippen LogP contribution in [0, 0.1) is 17.1 Å². The molecule has 1 aliphatic heterocycles. The zero-order chi connectivity index (χ0) is 22.1. The summed E-state index contributed by atoms with van der Waals surface area (Å²) in [6.45, 7) is 5.81. The molecule has 1 aromatic rings. The summed E-state index contributed by atoms with van der Waals surface area (Å²) in [7, 11) is -3.55. The van der Waals surface area contributed by atoms with E-state index in [2.05, 4.69) is 36.4 Å². The third-order valence-corrected chi connectivity index (χ3v) is 10.8. The van der Waals surface area contributed by atoms with Crippen LogP contribution in [0.25, 0.3) is 0 Å². The lowest BCUT2D eigenvalue weighted by Crippen LogP contribution is -2.64. The van der Waals surface area contributed by atoms with E-state index in [0.29, 0.717) is 19.4 Å². The van der Waals surface area contributed by atoms with E-state index in [1.807, 2.05) is 0 Å². The van der Waals surface area contributed by atoms with Crippen molar-refractivity contribution in [2.75, 3.05) is 19.0 Å². The van der Waals surface area contributed by atoms with Crippen molar-refractivity contribution >= 4 is 37.4 Å². The highest BCUT2D eigenvalue weighted by atomic mass is 79.9. The van der Waals surface area contributed by atoms with Gasteiger partial charge in [-0.1, -0.05) is 0 Å². The van der Waals surface area contributed by atoms with Crippen molar-refractivity contribution in [3.63, 3.8) is 0 Å². The Morgan fingerprint density at radius 2 is 2.17 bits per heavy atom. The highest BCUT2D eigenvalue weighted by molar-refractivity contribution is 9.10. The second-order valence-electron chi connectivity index (χ2n) is 8.46. The number of thiol groups is 1. The van der Waals surface area contributed by atoms with Gasteiger partial charge < -0.3 is 4.55 Å². The Hall–Kier alpha value is -0.640. The van der Waals surface area contributed by atoms with Crippen LogP contribution in [0.2, 0.25) is 0 Å². The SMILES string of the molecule is CC(C)(C)[S+]([O-])N[C@@](CF)(C[SH]1(=O)NCCC[C@]1(C)C#N)c1nc(Br)ccc1F. The normalized spacial score (nSPS) is 26.2. The fourth-order valence-electron chi connectivity index (χ4n) is 3.17. The van der Waals surface area contributed by atoms with E-state index in [-0.39, 0.29) is 10.3 Å². The number of hydrogen-bond acceptors (Lipinski definition) is 5. The molecular weight excluding hydrogens is 486 g/mol. The van der Waals surface area contributed by atoms with E-state index in [4.69, 9.17) is 0 Å². The molecule has 1 aromatic heterocycles. The predicted molar refractivity (Wildman–Crippen MR) is 116 cm³/mol. The highest BCUT2D eigenvalue weighted by Gasteiger charge is 2.52. The summed E-state index contributed by atoms with van der Waals surface area (Å²) in [5, 5.41) is 9.70. The molecule has 1 aliphatic rings. The molecule has 29 heavy (non-hydrogen) atoms. The van der Waals surface area contributed by atoms with Gasteiger partial charge in [-0.05, 0) is 78.7 Å². The van der Waals surface area contributed by atoms with Crippen molar-refractivity contribution in [2.45, 2.75) is 55.6 Å². The van der Waals surface area contributed by atoms with Gasteiger partial charge in [-0.3, -0.25) is 8.93 Å². The zero-order valence-corrected chi connectivity index (χ0v) is 20.2. The molecule has 0 bridgehead atoms. The number of hydrogen-bond donors (Lipinski definition) is 3. The maximum Gasteiger partial charge on any atom is 0.147 e. The summed E-state index contributed by atoms with van der Waals surface area (Å²) in [6, 6.07) is 4.58. The lowest BCUT2D eigenvalue weighted by atomic mass is 9.99. The maximum absolute atomic E-state index is 14.8. The molecule has 2 rings (SSSR count). The van der Waals surface area contributed by atoms with Crippen molar-refractivity contribution in [1.82, 2.24) is 14.4 Å².